The number of benzene rings is 1. The standard InChI is InChI=1S/C16H19ClN4O/c1-4-10-20(2)16(22)18-15(14-9-11-21(3)19-14)12-5-7-13(17)8-6-12/h4-9,11,15H,1,10H2,2-3H3,(H,18,22)/t15-/m1/s1. The summed E-state index contributed by atoms with van der Waals surface area (Å²) in [5, 5.41) is 8.04. The molecule has 116 valence electrons. The van der Waals surface area contributed by atoms with E-state index >= 15 is 0 Å². The number of amides is 2. The molecule has 1 aromatic heterocycles. The summed E-state index contributed by atoms with van der Waals surface area (Å²) in [6.45, 7) is 4.11. The second kappa shape index (κ2) is 7.13. The fourth-order valence-electron chi connectivity index (χ4n) is 2.08. The third-order valence-corrected chi connectivity index (χ3v) is 3.50. The van der Waals surface area contributed by atoms with Crippen molar-refractivity contribution in [2.75, 3.05) is 13.6 Å². The molecule has 6 heteroatoms. The van der Waals surface area contributed by atoms with Crippen LogP contribution in [0.2, 0.25) is 5.02 Å². The van der Waals surface area contributed by atoms with E-state index in [1.165, 1.54) is 0 Å². The molecular formula is C16H19ClN4O. The van der Waals surface area contributed by atoms with Crippen molar-refractivity contribution in [3.8, 4) is 0 Å². The molecule has 22 heavy (non-hydrogen) atoms. The molecule has 0 aliphatic rings. The Bertz CT molecular complexity index is 650. The molecule has 0 aliphatic heterocycles. The van der Waals surface area contributed by atoms with Gasteiger partial charge in [0.1, 0.15) is 6.04 Å². The molecular weight excluding hydrogens is 300 g/mol. The SMILES string of the molecule is C=CCN(C)C(=O)N[C@H](c1ccc(Cl)cc1)c1ccn(C)n1. The lowest BCUT2D eigenvalue weighted by atomic mass is 10.0. The Kier molecular flexibility index (Phi) is 5.22. The van der Waals surface area contributed by atoms with Crippen molar-refractivity contribution in [3.05, 3.63) is 65.5 Å². The number of carbonyl (C=O) groups excluding carboxylic acids is 1. The van der Waals surface area contributed by atoms with Crippen LogP contribution in [0.5, 0.6) is 0 Å². The quantitative estimate of drug-likeness (QED) is 0.862. The van der Waals surface area contributed by atoms with Gasteiger partial charge in [-0.3, -0.25) is 4.68 Å². The Hall–Kier alpha value is -2.27. The molecule has 0 fully saturated rings. The first-order valence-electron chi connectivity index (χ1n) is 6.89. The smallest absolute Gasteiger partial charge is 0.318 e. The number of aromatic nitrogens is 2. The number of rotatable bonds is 5. The first-order valence-corrected chi connectivity index (χ1v) is 7.26. The Labute approximate surface area is 135 Å². The number of urea groups is 1. The minimum atomic E-state index is -0.335. The van der Waals surface area contributed by atoms with Crippen molar-refractivity contribution in [1.82, 2.24) is 20.0 Å². The maximum absolute atomic E-state index is 12.3. The average molecular weight is 319 g/mol. The minimum Gasteiger partial charge on any atom is -0.325 e. The number of nitrogens with one attached hydrogen (secondary N) is 1. The summed E-state index contributed by atoms with van der Waals surface area (Å²) in [4.78, 5) is 13.8. The van der Waals surface area contributed by atoms with Gasteiger partial charge in [0.2, 0.25) is 0 Å². The van der Waals surface area contributed by atoms with Gasteiger partial charge in [-0.05, 0) is 23.8 Å². The summed E-state index contributed by atoms with van der Waals surface area (Å²) in [6, 6.07) is 8.72. The molecule has 1 atom stereocenters. The number of nitrogens with zero attached hydrogens (tertiary/aromatic N) is 3. The van der Waals surface area contributed by atoms with E-state index in [1.54, 1.807) is 34.8 Å². The predicted molar refractivity (Wildman–Crippen MR) is 87.9 cm³/mol. The van der Waals surface area contributed by atoms with E-state index < -0.39 is 0 Å². The normalized spacial score (nSPS) is 11.8. The van der Waals surface area contributed by atoms with Gasteiger partial charge in [0.05, 0.1) is 5.69 Å². The van der Waals surface area contributed by atoms with Gasteiger partial charge in [-0.2, -0.15) is 5.10 Å². The molecule has 0 spiro atoms. The van der Waals surface area contributed by atoms with E-state index in [0.717, 1.165) is 11.3 Å². The minimum absolute atomic E-state index is 0.189. The van der Waals surface area contributed by atoms with Crippen LogP contribution in [-0.4, -0.2) is 34.3 Å². The summed E-state index contributed by atoms with van der Waals surface area (Å²) in [6.07, 6.45) is 3.52. The van der Waals surface area contributed by atoms with Crippen molar-refractivity contribution < 1.29 is 4.79 Å². The van der Waals surface area contributed by atoms with Gasteiger partial charge in [0.25, 0.3) is 0 Å². The fourth-order valence-corrected chi connectivity index (χ4v) is 2.21. The van der Waals surface area contributed by atoms with Crippen molar-refractivity contribution in [3.63, 3.8) is 0 Å². The van der Waals surface area contributed by atoms with E-state index in [9.17, 15) is 4.79 Å². The van der Waals surface area contributed by atoms with Crippen molar-refractivity contribution in [2.24, 2.45) is 7.05 Å². The van der Waals surface area contributed by atoms with Crippen LogP contribution in [0, 0.1) is 0 Å². The highest BCUT2D eigenvalue weighted by Crippen LogP contribution is 2.22. The lowest BCUT2D eigenvalue weighted by Gasteiger charge is -2.22. The van der Waals surface area contributed by atoms with E-state index in [-0.39, 0.29) is 12.1 Å². The van der Waals surface area contributed by atoms with E-state index in [2.05, 4.69) is 17.0 Å². The summed E-state index contributed by atoms with van der Waals surface area (Å²) in [5.41, 5.74) is 1.69. The third-order valence-electron chi connectivity index (χ3n) is 3.25. The molecule has 0 saturated heterocycles. The molecule has 1 aromatic carbocycles. The van der Waals surface area contributed by atoms with Gasteiger partial charge in [-0.15, -0.1) is 6.58 Å². The van der Waals surface area contributed by atoms with Crippen LogP contribution in [0.4, 0.5) is 4.79 Å². The van der Waals surface area contributed by atoms with Crippen LogP contribution in [-0.2, 0) is 7.05 Å². The Morgan fingerprint density at radius 2 is 2.14 bits per heavy atom. The molecule has 1 N–H and O–H groups in total. The average Bonchev–Trinajstić information content (AvgIpc) is 2.92. The maximum atomic E-state index is 12.3. The highest BCUT2D eigenvalue weighted by Gasteiger charge is 2.20. The van der Waals surface area contributed by atoms with Crippen molar-refractivity contribution >= 4 is 17.6 Å². The number of carbonyl (C=O) groups is 1. The van der Waals surface area contributed by atoms with Gasteiger partial charge >= 0.3 is 6.03 Å². The second-order valence-electron chi connectivity index (χ2n) is 5.02. The highest BCUT2D eigenvalue weighted by atomic mass is 35.5. The molecule has 2 rings (SSSR count). The zero-order chi connectivity index (χ0) is 16.1. The largest absolute Gasteiger partial charge is 0.325 e. The number of hydrogen-bond acceptors (Lipinski definition) is 2. The molecule has 1 heterocycles. The number of hydrogen-bond donors (Lipinski definition) is 1. The summed E-state index contributed by atoms with van der Waals surface area (Å²) in [5.74, 6) is 0. The van der Waals surface area contributed by atoms with Gasteiger partial charge in [0.15, 0.2) is 0 Å². The van der Waals surface area contributed by atoms with Crippen LogP contribution in [0.25, 0.3) is 0 Å². The van der Waals surface area contributed by atoms with Crippen molar-refractivity contribution in [1.29, 1.82) is 0 Å². The molecule has 5 nitrogen and oxygen atoms in total. The molecule has 0 bridgehead atoms. The zero-order valence-electron chi connectivity index (χ0n) is 12.7. The summed E-state index contributed by atoms with van der Waals surface area (Å²) in [7, 11) is 3.56. The number of halogens is 1. The Morgan fingerprint density at radius 3 is 2.68 bits per heavy atom. The molecule has 2 aromatic rings. The van der Waals surface area contributed by atoms with Crippen LogP contribution in [0.3, 0.4) is 0 Å². The highest BCUT2D eigenvalue weighted by molar-refractivity contribution is 6.30. The molecule has 0 unspecified atom stereocenters. The summed E-state index contributed by atoms with van der Waals surface area (Å²) < 4.78 is 1.71. The van der Waals surface area contributed by atoms with E-state index in [0.29, 0.717) is 11.6 Å². The number of likely N-dealkylation sites (N-methyl/N-ethyl adjacent to an activating group) is 1. The van der Waals surface area contributed by atoms with E-state index in [4.69, 9.17) is 11.6 Å². The van der Waals surface area contributed by atoms with Crippen molar-refractivity contribution in [2.45, 2.75) is 6.04 Å². The van der Waals surface area contributed by atoms with Crippen LogP contribution in [0.1, 0.15) is 17.3 Å². The second-order valence-corrected chi connectivity index (χ2v) is 5.45. The van der Waals surface area contributed by atoms with E-state index in [1.807, 2.05) is 31.4 Å². The molecule has 0 radical (unpaired) electrons. The third kappa shape index (κ3) is 3.89. The fraction of sp³-hybridized carbons (Fsp3) is 0.250. The maximum Gasteiger partial charge on any atom is 0.318 e. The molecule has 0 aliphatic carbocycles. The monoisotopic (exact) mass is 318 g/mol. The lowest BCUT2D eigenvalue weighted by Crippen LogP contribution is -2.40. The van der Waals surface area contributed by atoms with Gasteiger partial charge in [0, 0.05) is 31.9 Å². The van der Waals surface area contributed by atoms with Crippen LogP contribution in [0.15, 0.2) is 49.2 Å². The molecule has 2 amide bonds. The van der Waals surface area contributed by atoms with Crippen LogP contribution < -0.4 is 5.32 Å². The Morgan fingerprint density at radius 1 is 1.45 bits per heavy atom. The predicted octanol–water partition coefficient (Wildman–Crippen LogP) is 2.99. The summed E-state index contributed by atoms with van der Waals surface area (Å²) >= 11 is 5.94. The van der Waals surface area contributed by atoms with Gasteiger partial charge < -0.3 is 10.2 Å². The van der Waals surface area contributed by atoms with Crippen LogP contribution >= 0.6 is 11.6 Å². The first-order chi connectivity index (χ1) is 10.5. The topological polar surface area (TPSA) is 50.2 Å². The molecule has 0 saturated carbocycles. The lowest BCUT2D eigenvalue weighted by molar-refractivity contribution is 0.210. The zero-order valence-corrected chi connectivity index (χ0v) is 13.4. The Balaban J connectivity index is 2.28. The first kappa shape index (κ1) is 16.1. The van der Waals surface area contributed by atoms with Gasteiger partial charge in [-0.1, -0.05) is 29.8 Å². The van der Waals surface area contributed by atoms with Gasteiger partial charge in [-0.25, -0.2) is 4.79 Å². The number of aryl methyl sites for hydroxylation is 1.